The fourth-order valence-corrected chi connectivity index (χ4v) is 1.29. The van der Waals surface area contributed by atoms with Crippen LogP contribution in [0.3, 0.4) is 0 Å². The first-order valence-corrected chi connectivity index (χ1v) is 4.50. The summed E-state index contributed by atoms with van der Waals surface area (Å²) in [6.45, 7) is 1.10. The van der Waals surface area contributed by atoms with Gasteiger partial charge in [-0.15, -0.1) is 0 Å². The molecule has 1 aliphatic heterocycles. The van der Waals surface area contributed by atoms with Gasteiger partial charge < -0.3 is 4.74 Å². The molecule has 13 heavy (non-hydrogen) atoms. The number of hydrogen-bond donors (Lipinski definition) is 1. The van der Waals surface area contributed by atoms with Crippen molar-refractivity contribution in [3.8, 4) is 0 Å². The van der Waals surface area contributed by atoms with Crippen LogP contribution in [0.1, 0.15) is 25.7 Å². The second-order valence-electron chi connectivity index (χ2n) is 3.17. The van der Waals surface area contributed by atoms with Crippen LogP contribution in [0.4, 0.5) is 13.2 Å². The van der Waals surface area contributed by atoms with Crippen molar-refractivity contribution in [1.29, 1.82) is 0 Å². The van der Waals surface area contributed by atoms with Gasteiger partial charge in [0.15, 0.2) is 0 Å². The number of nitrogens with one attached hydrogen (secondary N) is 1. The first kappa shape index (κ1) is 10.8. The van der Waals surface area contributed by atoms with Crippen LogP contribution in [0.5, 0.6) is 0 Å². The molecule has 0 aromatic heterocycles. The number of alkyl halides is 3. The average molecular weight is 197 g/mol. The van der Waals surface area contributed by atoms with Crippen LogP contribution < -0.4 is 5.32 Å². The van der Waals surface area contributed by atoms with E-state index < -0.39 is 12.6 Å². The van der Waals surface area contributed by atoms with Crippen molar-refractivity contribution in [2.75, 3.05) is 13.2 Å². The Morgan fingerprint density at radius 1 is 1.38 bits per heavy atom. The maximum Gasteiger partial charge on any atom is 0.389 e. The van der Waals surface area contributed by atoms with Gasteiger partial charge in [0.2, 0.25) is 0 Å². The van der Waals surface area contributed by atoms with Gasteiger partial charge in [0.1, 0.15) is 6.23 Å². The lowest BCUT2D eigenvalue weighted by Crippen LogP contribution is -2.25. The second kappa shape index (κ2) is 4.81. The van der Waals surface area contributed by atoms with Crippen LogP contribution in [0.15, 0.2) is 0 Å². The van der Waals surface area contributed by atoms with Gasteiger partial charge in [-0.3, -0.25) is 5.32 Å². The standard InChI is InChI=1S/C8H14F3NO/c9-8(10,11)4-2-6-13-7-3-1-5-12-7/h7,12H,1-6H2. The molecule has 0 aliphatic carbocycles. The minimum Gasteiger partial charge on any atom is -0.363 e. The Labute approximate surface area is 75.4 Å². The Kier molecular flexibility index (Phi) is 3.99. The first-order chi connectivity index (χ1) is 6.08. The molecule has 1 N–H and O–H groups in total. The molecule has 1 unspecified atom stereocenters. The van der Waals surface area contributed by atoms with E-state index in [1.54, 1.807) is 0 Å². The van der Waals surface area contributed by atoms with Crippen molar-refractivity contribution in [1.82, 2.24) is 5.32 Å². The molecule has 2 nitrogen and oxygen atoms in total. The van der Waals surface area contributed by atoms with E-state index in [4.69, 9.17) is 4.74 Å². The lowest BCUT2D eigenvalue weighted by Gasteiger charge is -2.12. The smallest absolute Gasteiger partial charge is 0.363 e. The molecule has 1 aliphatic rings. The lowest BCUT2D eigenvalue weighted by atomic mass is 10.3. The molecule has 0 saturated carbocycles. The quantitative estimate of drug-likeness (QED) is 0.696. The highest BCUT2D eigenvalue weighted by atomic mass is 19.4. The van der Waals surface area contributed by atoms with E-state index in [0.29, 0.717) is 0 Å². The van der Waals surface area contributed by atoms with Gasteiger partial charge in [0.25, 0.3) is 0 Å². The molecule has 1 atom stereocenters. The predicted octanol–water partition coefficient (Wildman–Crippen LogP) is 2.05. The highest BCUT2D eigenvalue weighted by Crippen LogP contribution is 2.21. The van der Waals surface area contributed by atoms with Crippen molar-refractivity contribution in [3.63, 3.8) is 0 Å². The number of halogens is 3. The minimum atomic E-state index is -4.05. The third kappa shape index (κ3) is 5.10. The van der Waals surface area contributed by atoms with Gasteiger partial charge in [0.05, 0.1) is 0 Å². The van der Waals surface area contributed by atoms with Crippen molar-refractivity contribution >= 4 is 0 Å². The monoisotopic (exact) mass is 197 g/mol. The summed E-state index contributed by atoms with van der Waals surface area (Å²) in [6.07, 6.45) is -2.81. The second-order valence-corrected chi connectivity index (χ2v) is 3.17. The van der Waals surface area contributed by atoms with Crippen LogP contribution >= 0.6 is 0 Å². The summed E-state index contributed by atoms with van der Waals surface area (Å²) in [5.74, 6) is 0. The van der Waals surface area contributed by atoms with Gasteiger partial charge in [-0.05, 0) is 25.8 Å². The predicted molar refractivity (Wildman–Crippen MR) is 42.3 cm³/mol. The van der Waals surface area contributed by atoms with Gasteiger partial charge in [-0.2, -0.15) is 13.2 Å². The van der Waals surface area contributed by atoms with E-state index in [1.807, 2.05) is 0 Å². The highest BCUT2D eigenvalue weighted by Gasteiger charge is 2.26. The minimum absolute atomic E-state index is 0.0202. The number of hydrogen-bond acceptors (Lipinski definition) is 2. The Hall–Kier alpha value is -0.290. The lowest BCUT2D eigenvalue weighted by molar-refractivity contribution is -0.139. The molecule has 1 saturated heterocycles. The van der Waals surface area contributed by atoms with Crippen molar-refractivity contribution < 1.29 is 17.9 Å². The van der Waals surface area contributed by atoms with Crippen LogP contribution in [0.2, 0.25) is 0 Å². The molecular weight excluding hydrogens is 183 g/mol. The van der Waals surface area contributed by atoms with Gasteiger partial charge in [-0.1, -0.05) is 0 Å². The molecular formula is C8H14F3NO. The summed E-state index contributed by atoms with van der Waals surface area (Å²) < 4.78 is 40.2. The molecule has 5 heteroatoms. The molecule has 0 aromatic rings. The van der Waals surface area contributed by atoms with Crippen molar-refractivity contribution in [2.45, 2.75) is 38.1 Å². The molecule has 0 radical (unpaired) electrons. The topological polar surface area (TPSA) is 21.3 Å². The number of rotatable bonds is 4. The molecule has 0 spiro atoms. The summed E-state index contributed by atoms with van der Waals surface area (Å²) in [5, 5.41) is 3.05. The Morgan fingerprint density at radius 3 is 2.69 bits per heavy atom. The van der Waals surface area contributed by atoms with Gasteiger partial charge in [-0.25, -0.2) is 0 Å². The van der Waals surface area contributed by atoms with E-state index in [1.165, 1.54) is 0 Å². The average Bonchev–Trinajstić information content (AvgIpc) is 2.48. The Bertz CT molecular complexity index is 143. The zero-order valence-corrected chi connectivity index (χ0v) is 7.36. The summed E-state index contributed by atoms with van der Waals surface area (Å²) in [4.78, 5) is 0. The van der Waals surface area contributed by atoms with E-state index in [9.17, 15) is 13.2 Å². The van der Waals surface area contributed by atoms with Gasteiger partial charge in [0, 0.05) is 13.0 Å². The third-order valence-electron chi connectivity index (χ3n) is 1.94. The maximum absolute atomic E-state index is 11.7. The van der Waals surface area contributed by atoms with E-state index in [2.05, 4.69) is 5.32 Å². The van der Waals surface area contributed by atoms with Crippen LogP contribution in [0.25, 0.3) is 0 Å². The van der Waals surface area contributed by atoms with Crippen molar-refractivity contribution in [2.24, 2.45) is 0 Å². The Balaban J connectivity index is 1.94. The molecule has 0 bridgehead atoms. The SMILES string of the molecule is FC(F)(F)CCCOC1CCCN1. The van der Waals surface area contributed by atoms with Crippen LogP contribution in [-0.4, -0.2) is 25.6 Å². The molecule has 0 amide bonds. The Morgan fingerprint density at radius 2 is 2.15 bits per heavy atom. The summed E-state index contributed by atoms with van der Waals surface area (Å²) in [6, 6.07) is 0. The molecule has 1 heterocycles. The van der Waals surface area contributed by atoms with Crippen LogP contribution in [0, 0.1) is 0 Å². The van der Waals surface area contributed by atoms with E-state index >= 15 is 0 Å². The van der Waals surface area contributed by atoms with Gasteiger partial charge >= 0.3 is 6.18 Å². The third-order valence-corrected chi connectivity index (χ3v) is 1.94. The first-order valence-electron chi connectivity index (χ1n) is 4.50. The molecule has 1 rings (SSSR count). The zero-order chi connectivity index (χ0) is 9.73. The van der Waals surface area contributed by atoms with E-state index in [-0.39, 0.29) is 19.3 Å². The summed E-state index contributed by atoms with van der Waals surface area (Å²) >= 11 is 0. The fraction of sp³-hybridized carbons (Fsp3) is 1.00. The summed E-state index contributed by atoms with van der Waals surface area (Å²) in [7, 11) is 0. The molecule has 1 fully saturated rings. The zero-order valence-electron chi connectivity index (χ0n) is 7.36. The molecule has 78 valence electrons. The highest BCUT2D eigenvalue weighted by molar-refractivity contribution is 4.65. The summed E-state index contributed by atoms with van der Waals surface area (Å²) in [5.41, 5.74) is 0. The fourth-order valence-electron chi connectivity index (χ4n) is 1.29. The van der Waals surface area contributed by atoms with E-state index in [0.717, 1.165) is 19.4 Å². The maximum atomic E-state index is 11.7. The van der Waals surface area contributed by atoms with Crippen LogP contribution in [-0.2, 0) is 4.74 Å². The molecule has 0 aromatic carbocycles. The number of ether oxygens (including phenoxy) is 1. The van der Waals surface area contributed by atoms with Crippen molar-refractivity contribution in [3.05, 3.63) is 0 Å². The normalized spacial score (nSPS) is 23.8. The largest absolute Gasteiger partial charge is 0.389 e.